The first-order valence-corrected chi connectivity index (χ1v) is 7.88. The fraction of sp³-hybridized carbons (Fsp3) is 0.750. The molecule has 2 heterocycles. The molecular formula is C16H28N4. The van der Waals surface area contributed by atoms with Gasteiger partial charge < -0.3 is 10.2 Å². The Morgan fingerprint density at radius 2 is 2.05 bits per heavy atom. The molecule has 0 aliphatic carbocycles. The van der Waals surface area contributed by atoms with Crippen LogP contribution in [0.5, 0.6) is 0 Å². The average molecular weight is 276 g/mol. The summed E-state index contributed by atoms with van der Waals surface area (Å²) in [4.78, 5) is 11.5. The monoisotopic (exact) mass is 276 g/mol. The van der Waals surface area contributed by atoms with Crippen molar-refractivity contribution in [1.82, 2.24) is 15.3 Å². The number of aromatic nitrogens is 2. The summed E-state index contributed by atoms with van der Waals surface area (Å²) in [5.74, 6) is 1.04. The molecule has 2 rings (SSSR count). The molecule has 1 aromatic rings. The third-order valence-corrected chi connectivity index (χ3v) is 4.63. The number of rotatable bonds is 6. The molecule has 0 radical (unpaired) electrons. The lowest BCUT2D eigenvalue weighted by Gasteiger charge is -2.26. The van der Waals surface area contributed by atoms with Gasteiger partial charge in [-0.2, -0.15) is 0 Å². The van der Waals surface area contributed by atoms with Crippen LogP contribution in [0.2, 0.25) is 0 Å². The molecule has 0 bridgehead atoms. The van der Waals surface area contributed by atoms with Gasteiger partial charge in [-0.15, -0.1) is 0 Å². The van der Waals surface area contributed by atoms with Gasteiger partial charge in [-0.05, 0) is 24.7 Å². The van der Waals surface area contributed by atoms with Crippen molar-refractivity contribution < 1.29 is 0 Å². The zero-order valence-corrected chi connectivity index (χ0v) is 13.3. The Labute approximate surface area is 123 Å². The number of anilines is 1. The van der Waals surface area contributed by atoms with Crippen molar-refractivity contribution in [2.75, 3.05) is 18.0 Å². The first kappa shape index (κ1) is 15.2. The second-order valence-corrected chi connectivity index (χ2v) is 6.28. The molecule has 1 aliphatic heterocycles. The molecule has 1 aliphatic rings. The first-order chi connectivity index (χ1) is 9.58. The van der Waals surface area contributed by atoms with Crippen LogP contribution in [-0.4, -0.2) is 29.1 Å². The van der Waals surface area contributed by atoms with E-state index in [2.05, 4.69) is 42.9 Å². The van der Waals surface area contributed by atoms with Crippen molar-refractivity contribution in [3.63, 3.8) is 0 Å². The first-order valence-electron chi connectivity index (χ1n) is 7.88. The van der Waals surface area contributed by atoms with E-state index in [0.29, 0.717) is 11.5 Å². The highest BCUT2D eigenvalue weighted by Gasteiger charge is 2.35. The molecular weight excluding hydrogens is 248 g/mol. The number of hydrogen-bond acceptors (Lipinski definition) is 4. The predicted octanol–water partition coefficient (Wildman–Crippen LogP) is 2.99. The van der Waals surface area contributed by atoms with Gasteiger partial charge in [0.25, 0.3) is 0 Å². The molecule has 1 fully saturated rings. The van der Waals surface area contributed by atoms with Crippen LogP contribution in [-0.2, 0) is 6.54 Å². The van der Waals surface area contributed by atoms with E-state index in [4.69, 9.17) is 4.98 Å². The average Bonchev–Trinajstić information content (AvgIpc) is 2.91. The van der Waals surface area contributed by atoms with Gasteiger partial charge in [0.2, 0.25) is 0 Å². The van der Waals surface area contributed by atoms with E-state index in [1.54, 1.807) is 0 Å². The van der Waals surface area contributed by atoms with E-state index >= 15 is 0 Å². The molecule has 4 heteroatoms. The summed E-state index contributed by atoms with van der Waals surface area (Å²) in [6.07, 6.45) is 7.54. The lowest BCUT2D eigenvalue weighted by atomic mass is 9.82. The Hall–Kier alpha value is -1.16. The standard InChI is InChI=1S/C16H28N4/c1-5-16(6-2)7-8-20(12-16)15-11-17-9-14(19-15)10-18-13(3)4/h9,11,13,18H,5-8,10,12H2,1-4H3. The van der Waals surface area contributed by atoms with E-state index in [1.165, 1.54) is 19.3 Å². The quantitative estimate of drug-likeness (QED) is 0.867. The fourth-order valence-electron chi connectivity index (χ4n) is 2.90. The minimum Gasteiger partial charge on any atom is -0.355 e. The summed E-state index contributed by atoms with van der Waals surface area (Å²) < 4.78 is 0. The zero-order valence-electron chi connectivity index (χ0n) is 13.3. The van der Waals surface area contributed by atoms with Gasteiger partial charge >= 0.3 is 0 Å². The van der Waals surface area contributed by atoms with Crippen molar-refractivity contribution in [2.24, 2.45) is 5.41 Å². The Morgan fingerprint density at radius 1 is 1.30 bits per heavy atom. The van der Waals surface area contributed by atoms with Crippen LogP contribution in [0.15, 0.2) is 12.4 Å². The molecule has 0 aromatic carbocycles. The van der Waals surface area contributed by atoms with E-state index in [9.17, 15) is 0 Å². The lowest BCUT2D eigenvalue weighted by molar-refractivity contribution is 0.301. The van der Waals surface area contributed by atoms with E-state index in [-0.39, 0.29) is 0 Å². The van der Waals surface area contributed by atoms with Gasteiger partial charge in [0.1, 0.15) is 5.82 Å². The second kappa shape index (κ2) is 6.53. The Bertz CT molecular complexity index is 426. The molecule has 0 unspecified atom stereocenters. The van der Waals surface area contributed by atoms with Crippen molar-refractivity contribution in [3.8, 4) is 0 Å². The van der Waals surface area contributed by atoms with Crippen LogP contribution in [0.3, 0.4) is 0 Å². The smallest absolute Gasteiger partial charge is 0.147 e. The molecule has 0 saturated carbocycles. The normalized spacial score (nSPS) is 17.9. The molecule has 1 N–H and O–H groups in total. The van der Waals surface area contributed by atoms with Crippen LogP contribution in [0, 0.1) is 5.41 Å². The van der Waals surface area contributed by atoms with Crippen molar-refractivity contribution in [1.29, 1.82) is 0 Å². The summed E-state index contributed by atoms with van der Waals surface area (Å²) in [7, 11) is 0. The van der Waals surface area contributed by atoms with Gasteiger partial charge in [-0.1, -0.05) is 27.7 Å². The fourth-order valence-corrected chi connectivity index (χ4v) is 2.90. The molecule has 112 valence electrons. The number of nitrogens with zero attached hydrogens (tertiary/aromatic N) is 3. The van der Waals surface area contributed by atoms with Crippen LogP contribution < -0.4 is 10.2 Å². The Kier molecular flexibility index (Phi) is 4.97. The van der Waals surface area contributed by atoms with E-state index in [1.807, 2.05) is 12.4 Å². The van der Waals surface area contributed by atoms with Crippen LogP contribution in [0.4, 0.5) is 5.82 Å². The molecule has 1 aromatic heterocycles. The minimum absolute atomic E-state index is 0.472. The number of nitrogens with one attached hydrogen (secondary N) is 1. The maximum atomic E-state index is 4.76. The largest absolute Gasteiger partial charge is 0.355 e. The van der Waals surface area contributed by atoms with Crippen LogP contribution in [0.25, 0.3) is 0 Å². The maximum absolute atomic E-state index is 4.76. The zero-order chi connectivity index (χ0) is 14.6. The van der Waals surface area contributed by atoms with Crippen molar-refractivity contribution >= 4 is 5.82 Å². The van der Waals surface area contributed by atoms with Gasteiger partial charge in [0, 0.05) is 31.9 Å². The minimum atomic E-state index is 0.472. The molecule has 0 spiro atoms. The summed E-state index contributed by atoms with van der Waals surface area (Å²) >= 11 is 0. The summed E-state index contributed by atoms with van der Waals surface area (Å²) in [5, 5.41) is 3.40. The Balaban J connectivity index is 2.05. The second-order valence-electron chi connectivity index (χ2n) is 6.28. The summed E-state index contributed by atoms with van der Waals surface area (Å²) in [6.45, 7) is 11.9. The van der Waals surface area contributed by atoms with E-state index < -0.39 is 0 Å². The molecule has 4 nitrogen and oxygen atoms in total. The lowest BCUT2D eigenvalue weighted by Crippen LogP contribution is -2.27. The maximum Gasteiger partial charge on any atom is 0.147 e. The van der Waals surface area contributed by atoms with E-state index in [0.717, 1.165) is 31.1 Å². The predicted molar refractivity (Wildman–Crippen MR) is 83.9 cm³/mol. The highest BCUT2D eigenvalue weighted by Crippen LogP contribution is 2.38. The third-order valence-electron chi connectivity index (χ3n) is 4.63. The van der Waals surface area contributed by atoms with Gasteiger partial charge in [-0.25, -0.2) is 4.98 Å². The highest BCUT2D eigenvalue weighted by atomic mass is 15.2. The number of hydrogen-bond donors (Lipinski definition) is 1. The molecule has 1 saturated heterocycles. The van der Waals surface area contributed by atoms with Gasteiger partial charge in [-0.3, -0.25) is 4.98 Å². The third kappa shape index (κ3) is 3.48. The summed E-state index contributed by atoms with van der Waals surface area (Å²) in [6, 6.07) is 0.472. The Morgan fingerprint density at radius 3 is 2.65 bits per heavy atom. The van der Waals surface area contributed by atoms with Gasteiger partial charge in [0.15, 0.2) is 0 Å². The molecule has 0 amide bonds. The highest BCUT2D eigenvalue weighted by molar-refractivity contribution is 5.38. The van der Waals surface area contributed by atoms with Crippen LogP contribution >= 0.6 is 0 Å². The topological polar surface area (TPSA) is 41.1 Å². The van der Waals surface area contributed by atoms with Crippen molar-refractivity contribution in [3.05, 3.63) is 18.1 Å². The molecule has 20 heavy (non-hydrogen) atoms. The van der Waals surface area contributed by atoms with Crippen molar-refractivity contribution in [2.45, 2.75) is 59.5 Å². The summed E-state index contributed by atoms with van der Waals surface area (Å²) in [5.41, 5.74) is 1.51. The van der Waals surface area contributed by atoms with Crippen LogP contribution in [0.1, 0.15) is 52.7 Å². The molecule has 0 atom stereocenters. The SMILES string of the molecule is CCC1(CC)CCN(c2cncc(CNC(C)C)n2)C1. The van der Waals surface area contributed by atoms with Gasteiger partial charge in [0.05, 0.1) is 11.9 Å².